The summed E-state index contributed by atoms with van der Waals surface area (Å²) in [6, 6.07) is 17.0. The largest absolute Gasteiger partial charge is 0.497 e. The molecule has 0 saturated carbocycles. The third-order valence-electron chi connectivity index (χ3n) is 4.51. The first-order valence-electron chi connectivity index (χ1n) is 9.52. The van der Waals surface area contributed by atoms with Crippen LogP contribution in [0.2, 0.25) is 0 Å². The van der Waals surface area contributed by atoms with E-state index in [1.165, 1.54) is 67.8 Å². The van der Waals surface area contributed by atoms with Gasteiger partial charge in [-0.25, -0.2) is 12.8 Å². The second kappa shape index (κ2) is 9.09. The summed E-state index contributed by atoms with van der Waals surface area (Å²) in [6.45, 7) is 0. The first-order valence-corrected chi connectivity index (χ1v) is 11.0. The summed E-state index contributed by atoms with van der Waals surface area (Å²) in [4.78, 5) is 12.5. The van der Waals surface area contributed by atoms with Crippen LogP contribution in [-0.4, -0.2) is 31.6 Å². The van der Waals surface area contributed by atoms with Crippen molar-refractivity contribution in [1.29, 1.82) is 0 Å². The van der Waals surface area contributed by atoms with Gasteiger partial charge in [0.25, 0.3) is 15.9 Å². The van der Waals surface area contributed by atoms with Crippen molar-refractivity contribution in [2.24, 2.45) is 0 Å². The lowest BCUT2D eigenvalue weighted by atomic mass is 10.2. The summed E-state index contributed by atoms with van der Waals surface area (Å²) in [7, 11) is -2.32. The topological polar surface area (TPSA) is 123 Å². The number of nitrogens with zero attached hydrogens (tertiary/aromatic N) is 2. The number of halogens is 1. The lowest BCUT2D eigenvalue weighted by Gasteiger charge is -2.09. The second-order valence-corrected chi connectivity index (χ2v) is 8.41. The predicted molar refractivity (Wildman–Crippen MR) is 118 cm³/mol. The Balaban J connectivity index is 1.41. The molecule has 0 atom stereocenters. The van der Waals surface area contributed by atoms with Crippen LogP contribution in [0.4, 0.5) is 16.1 Å². The highest BCUT2D eigenvalue weighted by Crippen LogP contribution is 2.22. The number of hydrogen-bond donors (Lipinski definition) is 2. The zero-order chi connectivity index (χ0) is 23.4. The average Bonchev–Trinajstić information content (AvgIpc) is 3.28. The van der Waals surface area contributed by atoms with Crippen molar-refractivity contribution in [2.45, 2.75) is 4.90 Å². The van der Waals surface area contributed by atoms with E-state index in [-0.39, 0.29) is 28.1 Å². The molecule has 0 aliphatic rings. The van der Waals surface area contributed by atoms with E-state index in [4.69, 9.17) is 9.15 Å². The Morgan fingerprint density at radius 3 is 2.24 bits per heavy atom. The summed E-state index contributed by atoms with van der Waals surface area (Å²) in [5.41, 5.74) is 1.01. The summed E-state index contributed by atoms with van der Waals surface area (Å²) >= 11 is 0. The number of amides is 1. The van der Waals surface area contributed by atoms with Crippen LogP contribution in [0.5, 0.6) is 5.75 Å². The maximum atomic E-state index is 13.0. The van der Waals surface area contributed by atoms with Crippen LogP contribution in [0.3, 0.4) is 0 Å². The van der Waals surface area contributed by atoms with Crippen molar-refractivity contribution in [3.63, 3.8) is 0 Å². The van der Waals surface area contributed by atoms with E-state index < -0.39 is 21.7 Å². The van der Waals surface area contributed by atoms with Crippen molar-refractivity contribution in [3.8, 4) is 17.2 Å². The van der Waals surface area contributed by atoms with Crippen molar-refractivity contribution in [2.75, 3.05) is 17.1 Å². The molecule has 4 rings (SSSR count). The van der Waals surface area contributed by atoms with Gasteiger partial charge in [-0.05, 0) is 72.8 Å². The molecule has 4 aromatic rings. The van der Waals surface area contributed by atoms with Gasteiger partial charge in [-0.2, -0.15) is 0 Å². The van der Waals surface area contributed by atoms with E-state index in [9.17, 15) is 17.6 Å². The second-order valence-electron chi connectivity index (χ2n) is 6.73. The number of ether oxygens (including phenoxy) is 1. The van der Waals surface area contributed by atoms with Crippen LogP contribution in [0.1, 0.15) is 10.4 Å². The standard InChI is InChI=1S/C22H17FN4O5S/c1-31-18-10-12-19(13-11-18)33(29,30)27-17-8-4-14(5-9-17)20(28)24-22-26-25-21(32-22)15-2-6-16(23)7-3-15/h2-13,27H,1H3,(H,24,26,28). The quantitative estimate of drug-likeness (QED) is 0.421. The third-order valence-corrected chi connectivity index (χ3v) is 5.90. The molecule has 0 spiro atoms. The highest BCUT2D eigenvalue weighted by atomic mass is 32.2. The number of sulfonamides is 1. The van der Waals surface area contributed by atoms with E-state index in [0.29, 0.717) is 11.3 Å². The molecule has 0 saturated heterocycles. The normalized spacial score (nSPS) is 11.1. The van der Waals surface area contributed by atoms with Crippen LogP contribution in [-0.2, 0) is 10.0 Å². The number of benzene rings is 3. The lowest BCUT2D eigenvalue weighted by Crippen LogP contribution is -2.14. The minimum Gasteiger partial charge on any atom is -0.497 e. The van der Waals surface area contributed by atoms with Crippen molar-refractivity contribution < 1.29 is 26.8 Å². The third kappa shape index (κ3) is 5.15. The molecule has 0 fully saturated rings. The van der Waals surface area contributed by atoms with E-state index in [0.717, 1.165) is 0 Å². The molecule has 1 aromatic heterocycles. The number of aromatic nitrogens is 2. The van der Waals surface area contributed by atoms with Crippen LogP contribution in [0.15, 0.2) is 82.1 Å². The molecule has 0 aliphatic carbocycles. The molecule has 1 heterocycles. The lowest BCUT2D eigenvalue weighted by molar-refractivity contribution is 0.102. The van der Waals surface area contributed by atoms with E-state index in [1.807, 2.05) is 0 Å². The fourth-order valence-electron chi connectivity index (χ4n) is 2.81. The Hall–Kier alpha value is -4.25. The Labute approximate surface area is 188 Å². The number of methoxy groups -OCH3 is 1. The molecule has 0 radical (unpaired) electrons. The van der Waals surface area contributed by atoms with Gasteiger partial charge in [-0.1, -0.05) is 5.10 Å². The molecular weight excluding hydrogens is 451 g/mol. The summed E-state index contributed by atoms with van der Waals surface area (Å²) < 4.78 is 50.9. The van der Waals surface area contributed by atoms with Gasteiger partial charge in [-0.15, -0.1) is 5.10 Å². The maximum absolute atomic E-state index is 13.0. The predicted octanol–water partition coefficient (Wildman–Crippen LogP) is 3.94. The molecule has 0 bridgehead atoms. The zero-order valence-corrected chi connectivity index (χ0v) is 18.0. The maximum Gasteiger partial charge on any atom is 0.322 e. The molecule has 168 valence electrons. The molecular formula is C22H17FN4O5S. The molecule has 33 heavy (non-hydrogen) atoms. The van der Waals surface area contributed by atoms with Gasteiger partial charge >= 0.3 is 6.01 Å². The number of anilines is 2. The van der Waals surface area contributed by atoms with E-state index in [2.05, 4.69) is 20.2 Å². The molecule has 2 N–H and O–H groups in total. The smallest absolute Gasteiger partial charge is 0.322 e. The fraction of sp³-hybridized carbons (Fsp3) is 0.0455. The van der Waals surface area contributed by atoms with Gasteiger partial charge < -0.3 is 9.15 Å². The van der Waals surface area contributed by atoms with E-state index >= 15 is 0 Å². The first kappa shape index (κ1) is 22.0. The highest BCUT2D eigenvalue weighted by molar-refractivity contribution is 7.92. The monoisotopic (exact) mass is 468 g/mol. The average molecular weight is 468 g/mol. The number of nitrogens with one attached hydrogen (secondary N) is 2. The summed E-state index contributed by atoms with van der Waals surface area (Å²) in [6.07, 6.45) is 0. The van der Waals surface area contributed by atoms with Gasteiger partial charge in [0.15, 0.2) is 0 Å². The van der Waals surface area contributed by atoms with Crippen LogP contribution < -0.4 is 14.8 Å². The molecule has 11 heteroatoms. The number of hydrogen-bond acceptors (Lipinski definition) is 7. The SMILES string of the molecule is COc1ccc(S(=O)(=O)Nc2ccc(C(=O)Nc3nnc(-c4ccc(F)cc4)o3)cc2)cc1. The summed E-state index contributed by atoms with van der Waals surface area (Å²) in [5, 5.41) is 10.0. The minimum atomic E-state index is -3.81. The van der Waals surface area contributed by atoms with Crippen LogP contribution >= 0.6 is 0 Å². The van der Waals surface area contributed by atoms with Gasteiger partial charge in [0, 0.05) is 16.8 Å². The molecule has 3 aromatic carbocycles. The van der Waals surface area contributed by atoms with Crippen molar-refractivity contribution >= 4 is 27.6 Å². The number of carbonyl (C=O) groups excluding carboxylic acids is 1. The number of rotatable bonds is 7. The molecule has 0 aliphatic heterocycles. The number of carbonyl (C=O) groups is 1. The Bertz CT molecular complexity index is 1370. The van der Waals surface area contributed by atoms with Crippen LogP contribution in [0, 0.1) is 5.82 Å². The zero-order valence-electron chi connectivity index (χ0n) is 17.2. The molecule has 9 nitrogen and oxygen atoms in total. The van der Waals surface area contributed by atoms with E-state index in [1.54, 1.807) is 12.1 Å². The van der Waals surface area contributed by atoms with Gasteiger partial charge in [0.05, 0.1) is 12.0 Å². The highest BCUT2D eigenvalue weighted by Gasteiger charge is 2.16. The van der Waals surface area contributed by atoms with Gasteiger partial charge in [-0.3, -0.25) is 14.8 Å². The fourth-order valence-corrected chi connectivity index (χ4v) is 3.87. The first-order chi connectivity index (χ1) is 15.8. The Morgan fingerprint density at radius 1 is 0.939 bits per heavy atom. The molecule has 0 unspecified atom stereocenters. The Morgan fingerprint density at radius 2 is 1.61 bits per heavy atom. The summed E-state index contributed by atoms with van der Waals surface area (Å²) in [5.74, 6) is -0.278. The molecule has 1 amide bonds. The Kier molecular flexibility index (Phi) is 6.05. The van der Waals surface area contributed by atoms with Gasteiger partial charge in [0.2, 0.25) is 5.89 Å². The minimum absolute atomic E-state index is 0.0680. The van der Waals surface area contributed by atoms with Crippen LogP contribution in [0.25, 0.3) is 11.5 Å². The van der Waals surface area contributed by atoms with Gasteiger partial charge in [0.1, 0.15) is 11.6 Å². The van der Waals surface area contributed by atoms with Crippen molar-refractivity contribution in [1.82, 2.24) is 10.2 Å². The van der Waals surface area contributed by atoms with Crippen molar-refractivity contribution in [3.05, 3.63) is 84.2 Å².